The van der Waals surface area contributed by atoms with Gasteiger partial charge in [0.1, 0.15) is 0 Å². The zero-order valence-corrected chi connectivity index (χ0v) is 12.2. The molecule has 1 saturated carbocycles. The summed E-state index contributed by atoms with van der Waals surface area (Å²) < 4.78 is 1.95. The molecule has 1 aliphatic carbocycles. The summed E-state index contributed by atoms with van der Waals surface area (Å²) in [7, 11) is 0. The first-order valence-corrected chi connectivity index (χ1v) is 7.61. The van der Waals surface area contributed by atoms with Gasteiger partial charge in [-0.1, -0.05) is 25.7 Å². The minimum absolute atomic E-state index is 0.0237. The molecule has 2 N–H and O–H groups in total. The van der Waals surface area contributed by atoms with Gasteiger partial charge in [-0.2, -0.15) is 5.10 Å². The summed E-state index contributed by atoms with van der Waals surface area (Å²) >= 11 is 0. The van der Waals surface area contributed by atoms with Crippen molar-refractivity contribution < 1.29 is 5.11 Å². The second-order valence-corrected chi connectivity index (χ2v) is 5.94. The van der Waals surface area contributed by atoms with Gasteiger partial charge in [-0.05, 0) is 26.7 Å². The van der Waals surface area contributed by atoms with Crippen molar-refractivity contribution in [3.05, 3.63) is 18.0 Å². The van der Waals surface area contributed by atoms with Crippen LogP contribution in [0.5, 0.6) is 0 Å². The summed E-state index contributed by atoms with van der Waals surface area (Å²) in [5, 5.41) is 17.6. The lowest BCUT2D eigenvalue weighted by atomic mass is 10.1. The van der Waals surface area contributed by atoms with Crippen LogP contribution < -0.4 is 5.32 Å². The summed E-state index contributed by atoms with van der Waals surface area (Å²) in [6.45, 7) is 4.37. The van der Waals surface area contributed by atoms with E-state index in [0.717, 1.165) is 5.56 Å². The number of rotatable bonds is 5. The number of nitrogens with zero attached hydrogens (tertiary/aromatic N) is 2. The van der Waals surface area contributed by atoms with Gasteiger partial charge in [-0.15, -0.1) is 0 Å². The highest BCUT2D eigenvalue weighted by Crippen LogP contribution is 2.21. The number of hydrogen-bond acceptors (Lipinski definition) is 3. The Morgan fingerprint density at radius 3 is 2.53 bits per heavy atom. The van der Waals surface area contributed by atoms with Gasteiger partial charge in [0.25, 0.3) is 0 Å². The fourth-order valence-corrected chi connectivity index (χ4v) is 2.80. The maximum absolute atomic E-state index is 9.63. The molecule has 1 aliphatic rings. The summed E-state index contributed by atoms with van der Waals surface area (Å²) in [6.07, 6.45) is 11.7. The Morgan fingerprint density at radius 1 is 1.32 bits per heavy atom. The van der Waals surface area contributed by atoms with Gasteiger partial charge in [0.2, 0.25) is 0 Å². The third kappa shape index (κ3) is 4.05. The van der Waals surface area contributed by atoms with Crippen LogP contribution in [-0.2, 0) is 0 Å². The third-order valence-corrected chi connectivity index (χ3v) is 4.03. The Bertz CT molecular complexity index is 367. The lowest BCUT2D eigenvalue weighted by Gasteiger charge is -2.22. The molecule has 0 radical (unpaired) electrons. The third-order valence-electron chi connectivity index (χ3n) is 4.03. The first kappa shape index (κ1) is 14.5. The second-order valence-electron chi connectivity index (χ2n) is 5.94. The summed E-state index contributed by atoms with van der Waals surface area (Å²) in [4.78, 5) is 0. The Morgan fingerprint density at radius 2 is 2.00 bits per heavy atom. The standard InChI is InChI=1S/C15H27N3O/c1-12(2)18-10-13(9-16-18)15(11-19)17-14-7-5-3-4-6-8-14/h9-10,12,14-15,17,19H,3-8,11H2,1-2H3. The zero-order chi connectivity index (χ0) is 13.7. The smallest absolute Gasteiger partial charge is 0.0627 e. The quantitative estimate of drug-likeness (QED) is 0.805. The first-order chi connectivity index (χ1) is 9.20. The molecule has 0 aliphatic heterocycles. The Balaban J connectivity index is 1.97. The lowest BCUT2D eigenvalue weighted by molar-refractivity contribution is 0.228. The van der Waals surface area contributed by atoms with Crippen molar-refractivity contribution in [3.63, 3.8) is 0 Å². The lowest BCUT2D eigenvalue weighted by Crippen LogP contribution is -2.34. The van der Waals surface area contributed by atoms with Crippen LogP contribution in [0.25, 0.3) is 0 Å². The number of aliphatic hydroxyl groups is 1. The fraction of sp³-hybridized carbons (Fsp3) is 0.800. The molecule has 1 atom stereocenters. The van der Waals surface area contributed by atoms with Crippen molar-refractivity contribution in [2.75, 3.05) is 6.61 Å². The zero-order valence-electron chi connectivity index (χ0n) is 12.2. The van der Waals surface area contributed by atoms with E-state index in [4.69, 9.17) is 0 Å². The van der Waals surface area contributed by atoms with Crippen molar-refractivity contribution in [3.8, 4) is 0 Å². The highest BCUT2D eigenvalue weighted by Gasteiger charge is 2.19. The van der Waals surface area contributed by atoms with E-state index in [1.54, 1.807) is 0 Å². The summed E-state index contributed by atoms with van der Waals surface area (Å²) in [6, 6.07) is 0.934. The van der Waals surface area contributed by atoms with Crippen LogP contribution in [0.15, 0.2) is 12.4 Å². The SMILES string of the molecule is CC(C)n1cc(C(CO)NC2CCCCCC2)cn1. The van der Waals surface area contributed by atoms with E-state index in [2.05, 4.69) is 30.5 Å². The van der Waals surface area contributed by atoms with Crippen LogP contribution in [0.4, 0.5) is 0 Å². The van der Waals surface area contributed by atoms with Crippen molar-refractivity contribution in [1.82, 2.24) is 15.1 Å². The molecular formula is C15H27N3O. The molecule has 1 aromatic rings. The van der Waals surface area contributed by atoms with Gasteiger partial charge in [0.15, 0.2) is 0 Å². The normalized spacial score (nSPS) is 19.6. The van der Waals surface area contributed by atoms with Gasteiger partial charge in [0, 0.05) is 23.8 Å². The molecule has 2 rings (SSSR count). The Kier molecular flexibility index (Phi) is 5.40. The molecule has 4 nitrogen and oxygen atoms in total. The molecule has 0 spiro atoms. The van der Waals surface area contributed by atoms with Gasteiger partial charge in [-0.25, -0.2) is 0 Å². The van der Waals surface area contributed by atoms with E-state index >= 15 is 0 Å². The maximum atomic E-state index is 9.63. The molecule has 0 aromatic carbocycles. The van der Waals surface area contributed by atoms with Crippen molar-refractivity contribution in [1.29, 1.82) is 0 Å². The minimum Gasteiger partial charge on any atom is -0.394 e. The van der Waals surface area contributed by atoms with Crippen LogP contribution in [0.1, 0.15) is 70.0 Å². The van der Waals surface area contributed by atoms with Gasteiger partial charge in [0.05, 0.1) is 18.8 Å². The highest BCUT2D eigenvalue weighted by molar-refractivity contribution is 5.11. The van der Waals surface area contributed by atoms with Gasteiger partial charge < -0.3 is 10.4 Å². The average molecular weight is 265 g/mol. The molecule has 0 saturated heterocycles. The maximum Gasteiger partial charge on any atom is 0.0627 e. The van der Waals surface area contributed by atoms with Crippen LogP contribution in [0.3, 0.4) is 0 Å². The molecule has 1 unspecified atom stereocenters. The summed E-state index contributed by atoms with van der Waals surface area (Å²) in [5.41, 5.74) is 1.10. The van der Waals surface area contributed by atoms with Crippen LogP contribution in [-0.4, -0.2) is 27.5 Å². The van der Waals surface area contributed by atoms with Gasteiger partial charge in [-0.3, -0.25) is 4.68 Å². The minimum atomic E-state index is 0.0237. The van der Waals surface area contributed by atoms with Gasteiger partial charge >= 0.3 is 0 Å². The molecular weight excluding hydrogens is 238 g/mol. The summed E-state index contributed by atoms with van der Waals surface area (Å²) in [5.74, 6) is 0. The van der Waals surface area contributed by atoms with E-state index in [0.29, 0.717) is 12.1 Å². The Hall–Kier alpha value is -0.870. The predicted molar refractivity (Wildman–Crippen MR) is 77.1 cm³/mol. The van der Waals surface area contributed by atoms with E-state index in [1.807, 2.05) is 10.9 Å². The molecule has 1 heterocycles. The van der Waals surface area contributed by atoms with E-state index in [-0.39, 0.29) is 12.6 Å². The van der Waals surface area contributed by atoms with E-state index < -0.39 is 0 Å². The molecule has 0 amide bonds. The van der Waals surface area contributed by atoms with E-state index in [1.165, 1.54) is 38.5 Å². The molecule has 19 heavy (non-hydrogen) atoms. The Labute approximate surface area is 116 Å². The molecule has 4 heteroatoms. The largest absolute Gasteiger partial charge is 0.394 e. The van der Waals surface area contributed by atoms with Crippen molar-refractivity contribution >= 4 is 0 Å². The van der Waals surface area contributed by atoms with Crippen LogP contribution in [0, 0.1) is 0 Å². The molecule has 1 fully saturated rings. The number of aliphatic hydroxyl groups excluding tert-OH is 1. The molecule has 108 valence electrons. The van der Waals surface area contributed by atoms with Crippen LogP contribution in [0.2, 0.25) is 0 Å². The second kappa shape index (κ2) is 7.06. The monoisotopic (exact) mass is 265 g/mol. The first-order valence-electron chi connectivity index (χ1n) is 7.61. The number of aromatic nitrogens is 2. The molecule has 0 bridgehead atoms. The highest BCUT2D eigenvalue weighted by atomic mass is 16.3. The molecule has 1 aromatic heterocycles. The van der Waals surface area contributed by atoms with Crippen molar-refractivity contribution in [2.24, 2.45) is 0 Å². The van der Waals surface area contributed by atoms with E-state index in [9.17, 15) is 5.11 Å². The van der Waals surface area contributed by atoms with Crippen LogP contribution >= 0.6 is 0 Å². The number of hydrogen-bond donors (Lipinski definition) is 2. The number of nitrogens with one attached hydrogen (secondary N) is 1. The predicted octanol–water partition coefficient (Wildman–Crippen LogP) is 2.81. The topological polar surface area (TPSA) is 50.1 Å². The van der Waals surface area contributed by atoms with Crippen molar-refractivity contribution in [2.45, 2.75) is 70.5 Å². The fourth-order valence-electron chi connectivity index (χ4n) is 2.80. The average Bonchev–Trinajstić information content (AvgIpc) is 2.75.